The van der Waals surface area contributed by atoms with Gasteiger partial charge in [0.1, 0.15) is 11.8 Å². The van der Waals surface area contributed by atoms with E-state index in [0.717, 1.165) is 50.1 Å². The second-order valence-corrected chi connectivity index (χ2v) is 7.85. The van der Waals surface area contributed by atoms with Crippen LogP contribution in [0.15, 0.2) is 48.5 Å². The Labute approximate surface area is 190 Å². The van der Waals surface area contributed by atoms with Gasteiger partial charge >= 0.3 is 0 Å². The van der Waals surface area contributed by atoms with Crippen LogP contribution in [0.3, 0.4) is 0 Å². The number of carbonyl (C=O) groups is 1. The van der Waals surface area contributed by atoms with Crippen molar-refractivity contribution in [3.8, 4) is 23.3 Å². The second kappa shape index (κ2) is 11.8. The van der Waals surface area contributed by atoms with E-state index in [2.05, 4.69) is 12.1 Å². The summed E-state index contributed by atoms with van der Waals surface area (Å²) in [6.45, 7) is 1.54. The Morgan fingerprint density at radius 1 is 1.09 bits per heavy atom. The zero-order valence-corrected chi connectivity index (χ0v) is 18.8. The number of nitrogens with zero attached hydrogens (tertiary/aromatic N) is 2. The van der Waals surface area contributed by atoms with Gasteiger partial charge in [-0.15, -0.1) is 0 Å². The zero-order chi connectivity index (χ0) is 22.8. The number of hydrogen-bond donors (Lipinski definition) is 0. The van der Waals surface area contributed by atoms with Gasteiger partial charge in [-0.3, -0.25) is 4.79 Å². The normalized spacial score (nSPS) is 14.2. The van der Waals surface area contributed by atoms with Crippen molar-refractivity contribution in [2.45, 2.75) is 25.7 Å². The van der Waals surface area contributed by atoms with Crippen LogP contribution in [0, 0.1) is 17.2 Å². The van der Waals surface area contributed by atoms with Crippen molar-refractivity contribution in [2.24, 2.45) is 5.92 Å². The fourth-order valence-corrected chi connectivity index (χ4v) is 3.90. The maximum absolute atomic E-state index is 12.6. The van der Waals surface area contributed by atoms with Gasteiger partial charge in [0.25, 0.3) is 0 Å². The molecular weight excluding hydrogens is 404 g/mol. The highest BCUT2D eigenvalue weighted by Gasteiger charge is 2.21. The summed E-state index contributed by atoms with van der Waals surface area (Å²) in [5.41, 5.74) is 2.17. The van der Waals surface area contributed by atoms with Gasteiger partial charge < -0.3 is 19.1 Å². The van der Waals surface area contributed by atoms with Crippen molar-refractivity contribution in [3.05, 3.63) is 59.7 Å². The number of carbonyl (C=O) groups excluding carboxylic acids is 1. The molecule has 0 N–H and O–H groups in total. The first-order valence-electron chi connectivity index (χ1n) is 10.9. The van der Waals surface area contributed by atoms with Gasteiger partial charge in [0.05, 0.1) is 14.2 Å². The van der Waals surface area contributed by atoms with E-state index in [1.807, 2.05) is 29.2 Å². The van der Waals surface area contributed by atoms with E-state index in [0.29, 0.717) is 17.4 Å². The maximum atomic E-state index is 12.6. The molecule has 6 nitrogen and oxygen atoms in total. The van der Waals surface area contributed by atoms with Gasteiger partial charge in [0, 0.05) is 19.2 Å². The van der Waals surface area contributed by atoms with Crippen molar-refractivity contribution in [3.63, 3.8) is 0 Å². The highest BCUT2D eigenvalue weighted by Crippen LogP contribution is 2.29. The first-order valence-corrected chi connectivity index (χ1v) is 10.9. The van der Waals surface area contributed by atoms with Crippen LogP contribution >= 0.6 is 0 Å². The SMILES string of the molecule is COc1ccc(CCC2CCN(C(=O)/C=C/c3ccc(OCC#N)c(OC)c3)CC2)cc1. The van der Waals surface area contributed by atoms with E-state index in [4.69, 9.17) is 19.5 Å². The van der Waals surface area contributed by atoms with E-state index < -0.39 is 0 Å². The monoisotopic (exact) mass is 434 g/mol. The minimum Gasteiger partial charge on any atom is -0.497 e. The molecule has 0 radical (unpaired) electrons. The molecule has 1 amide bonds. The quantitative estimate of drug-likeness (QED) is 0.544. The van der Waals surface area contributed by atoms with Crippen LogP contribution in [0.25, 0.3) is 6.08 Å². The lowest BCUT2D eigenvalue weighted by Crippen LogP contribution is -2.37. The lowest BCUT2D eigenvalue weighted by Gasteiger charge is -2.31. The number of methoxy groups -OCH3 is 2. The van der Waals surface area contributed by atoms with Gasteiger partial charge in [0.15, 0.2) is 18.1 Å². The molecule has 1 heterocycles. The topological polar surface area (TPSA) is 71.8 Å². The van der Waals surface area contributed by atoms with Crippen LogP contribution in [0.1, 0.15) is 30.4 Å². The van der Waals surface area contributed by atoms with Gasteiger partial charge in [-0.2, -0.15) is 5.26 Å². The minimum atomic E-state index is -0.0416. The molecule has 1 aliphatic heterocycles. The van der Waals surface area contributed by atoms with E-state index >= 15 is 0 Å². The molecule has 0 spiro atoms. The second-order valence-electron chi connectivity index (χ2n) is 7.85. The Balaban J connectivity index is 1.46. The van der Waals surface area contributed by atoms with Crippen molar-refractivity contribution in [2.75, 3.05) is 33.9 Å². The van der Waals surface area contributed by atoms with Crippen molar-refractivity contribution >= 4 is 12.0 Å². The predicted octanol–water partition coefficient (Wildman–Crippen LogP) is 4.49. The molecule has 1 fully saturated rings. The van der Waals surface area contributed by atoms with Crippen LogP contribution in [0.5, 0.6) is 17.2 Å². The number of ether oxygens (including phenoxy) is 3. The van der Waals surface area contributed by atoms with Crippen LogP contribution in [-0.2, 0) is 11.2 Å². The van der Waals surface area contributed by atoms with E-state index in [9.17, 15) is 4.79 Å². The molecule has 3 rings (SSSR count). The fraction of sp³-hybridized carbons (Fsp3) is 0.385. The zero-order valence-electron chi connectivity index (χ0n) is 18.8. The van der Waals surface area contributed by atoms with Crippen LogP contribution in [-0.4, -0.2) is 44.7 Å². The Morgan fingerprint density at radius 2 is 1.84 bits per heavy atom. The van der Waals surface area contributed by atoms with Crippen molar-refractivity contribution < 1.29 is 19.0 Å². The average molecular weight is 435 g/mol. The van der Waals surface area contributed by atoms with Crippen LogP contribution in [0.4, 0.5) is 0 Å². The van der Waals surface area contributed by atoms with Crippen molar-refractivity contribution in [1.82, 2.24) is 4.90 Å². The molecule has 0 atom stereocenters. The third kappa shape index (κ3) is 6.52. The standard InChI is InChI=1S/C26H30N2O4/c1-30-23-9-5-20(6-10-23)3-4-21-13-16-28(17-14-21)26(29)12-8-22-7-11-24(32-18-15-27)25(19-22)31-2/h5-12,19,21H,3-4,13-14,16-18H2,1-2H3/b12-8+. The first kappa shape index (κ1) is 23.2. The molecule has 2 aromatic carbocycles. The number of hydrogen-bond acceptors (Lipinski definition) is 5. The van der Waals surface area contributed by atoms with Crippen molar-refractivity contribution in [1.29, 1.82) is 5.26 Å². The molecule has 6 heteroatoms. The van der Waals surface area contributed by atoms with E-state index in [1.54, 1.807) is 38.5 Å². The molecule has 168 valence electrons. The molecule has 0 saturated carbocycles. The van der Waals surface area contributed by atoms with Crippen LogP contribution in [0.2, 0.25) is 0 Å². The van der Waals surface area contributed by atoms with E-state index in [-0.39, 0.29) is 12.5 Å². The smallest absolute Gasteiger partial charge is 0.246 e. The van der Waals surface area contributed by atoms with Crippen LogP contribution < -0.4 is 14.2 Å². The number of amides is 1. The highest BCUT2D eigenvalue weighted by atomic mass is 16.5. The number of likely N-dealkylation sites (tertiary alicyclic amines) is 1. The van der Waals surface area contributed by atoms with Gasteiger partial charge in [-0.1, -0.05) is 18.2 Å². The Bertz CT molecular complexity index is 955. The lowest BCUT2D eigenvalue weighted by molar-refractivity contribution is -0.127. The number of aryl methyl sites for hydroxylation is 1. The summed E-state index contributed by atoms with van der Waals surface area (Å²) in [6, 6.07) is 15.6. The van der Waals surface area contributed by atoms with Gasteiger partial charge in [-0.25, -0.2) is 0 Å². The minimum absolute atomic E-state index is 0.0300. The molecule has 2 aromatic rings. The fourth-order valence-electron chi connectivity index (χ4n) is 3.90. The molecule has 1 aliphatic rings. The molecule has 0 unspecified atom stereocenters. The number of rotatable bonds is 9. The Morgan fingerprint density at radius 3 is 2.50 bits per heavy atom. The third-order valence-electron chi connectivity index (χ3n) is 5.82. The summed E-state index contributed by atoms with van der Waals surface area (Å²) in [7, 11) is 3.23. The summed E-state index contributed by atoms with van der Waals surface area (Å²) in [5.74, 6) is 2.61. The summed E-state index contributed by atoms with van der Waals surface area (Å²) < 4.78 is 15.9. The molecule has 0 aliphatic carbocycles. The predicted molar refractivity (Wildman–Crippen MR) is 124 cm³/mol. The summed E-state index contributed by atoms with van der Waals surface area (Å²) >= 11 is 0. The third-order valence-corrected chi connectivity index (χ3v) is 5.82. The maximum Gasteiger partial charge on any atom is 0.246 e. The molecule has 1 saturated heterocycles. The van der Waals surface area contributed by atoms with Gasteiger partial charge in [0.2, 0.25) is 5.91 Å². The number of piperidine rings is 1. The summed E-state index contributed by atoms with van der Waals surface area (Å²) in [4.78, 5) is 14.5. The largest absolute Gasteiger partial charge is 0.497 e. The number of benzene rings is 2. The summed E-state index contributed by atoms with van der Waals surface area (Å²) in [6.07, 6.45) is 7.67. The summed E-state index contributed by atoms with van der Waals surface area (Å²) in [5, 5.41) is 8.66. The van der Waals surface area contributed by atoms with E-state index in [1.165, 1.54) is 5.56 Å². The molecule has 0 bridgehead atoms. The Kier molecular flexibility index (Phi) is 8.56. The average Bonchev–Trinajstić information content (AvgIpc) is 2.85. The Hall–Kier alpha value is -3.46. The molecule has 32 heavy (non-hydrogen) atoms. The molecule has 0 aromatic heterocycles. The van der Waals surface area contributed by atoms with Gasteiger partial charge in [-0.05, 0) is 73.1 Å². The lowest BCUT2D eigenvalue weighted by atomic mass is 9.90. The number of nitriles is 1. The highest BCUT2D eigenvalue weighted by molar-refractivity contribution is 5.91. The first-order chi connectivity index (χ1) is 15.6. The molecular formula is C26H30N2O4.